The zero-order valence-electron chi connectivity index (χ0n) is 17.7. The molecule has 0 aromatic heterocycles. The summed E-state index contributed by atoms with van der Waals surface area (Å²) < 4.78 is 18.9. The second-order valence-corrected chi connectivity index (χ2v) is 7.40. The molecule has 1 aliphatic heterocycles. The summed E-state index contributed by atoms with van der Waals surface area (Å²) in [6.45, 7) is 5.98. The Morgan fingerprint density at radius 2 is 2.03 bits per heavy atom. The normalized spacial score (nSPS) is 16.5. The predicted octanol–water partition coefficient (Wildman–Crippen LogP) is 3.60. The van der Waals surface area contributed by atoms with Crippen molar-refractivity contribution in [3.8, 4) is 11.5 Å². The summed E-state index contributed by atoms with van der Waals surface area (Å²) in [7, 11) is 1.74. The van der Waals surface area contributed by atoms with Gasteiger partial charge in [0.15, 0.2) is 5.96 Å². The molecule has 1 heterocycles. The first-order chi connectivity index (χ1) is 14.5. The molecule has 1 atom stereocenters. The lowest BCUT2D eigenvalue weighted by Crippen LogP contribution is -2.44. The molecule has 1 unspecified atom stereocenters. The van der Waals surface area contributed by atoms with Gasteiger partial charge in [-0.05, 0) is 54.8 Å². The number of carbonyl (C=O) groups excluding carboxylic acids is 1. The predicted molar refractivity (Wildman–Crippen MR) is 116 cm³/mol. The molecule has 6 nitrogen and oxygen atoms in total. The van der Waals surface area contributed by atoms with Crippen molar-refractivity contribution in [3.05, 3.63) is 59.4 Å². The molecule has 0 saturated carbocycles. The molecule has 1 amide bonds. The zero-order chi connectivity index (χ0) is 21.5. The number of rotatable bonds is 6. The monoisotopic (exact) mass is 412 g/mol. The van der Waals surface area contributed by atoms with Gasteiger partial charge in [-0.2, -0.15) is 0 Å². The van der Waals surface area contributed by atoms with Gasteiger partial charge in [0.25, 0.3) is 0 Å². The lowest BCUT2D eigenvalue weighted by molar-refractivity contribution is -0.129. The van der Waals surface area contributed by atoms with Gasteiger partial charge in [-0.1, -0.05) is 19.1 Å². The number of halogens is 1. The Kier molecular flexibility index (Phi) is 7.27. The Balaban J connectivity index is 1.52. The van der Waals surface area contributed by atoms with E-state index in [1.165, 1.54) is 12.1 Å². The fourth-order valence-corrected chi connectivity index (χ4v) is 3.47. The first kappa shape index (κ1) is 21.6. The van der Waals surface area contributed by atoms with E-state index >= 15 is 0 Å². The van der Waals surface area contributed by atoms with Gasteiger partial charge >= 0.3 is 0 Å². The van der Waals surface area contributed by atoms with Crippen LogP contribution in [0, 0.1) is 12.7 Å². The molecule has 0 bridgehead atoms. The average Bonchev–Trinajstić information content (AvgIpc) is 3.22. The number of aryl methyl sites for hydroxylation is 1. The lowest BCUT2D eigenvalue weighted by Gasteiger charge is -2.19. The quantitative estimate of drug-likeness (QED) is 0.562. The van der Waals surface area contributed by atoms with E-state index in [-0.39, 0.29) is 17.8 Å². The first-order valence-electron chi connectivity index (χ1n) is 10.3. The zero-order valence-corrected chi connectivity index (χ0v) is 17.7. The van der Waals surface area contributed by atoms with Crippen LogP contribution in [0.5, 0.6) is 11.5 Å². The minimum Gasteiger partial charge on any atom is -0.457 e. The number of benzene rings is 2. The molecule has 3 rings (SSSR count). The highest BCUT2D eigenvalue weighted by atomic mass is 19.1. The van der Waals surface area contributed by atoms with Crippen LogP contribution < -0.4 is 15.4 Å². The molecule has 30 heavy (non-hydrogen) atoms. The molecule has 2 N–H and O–H groups in total. The van der Waals surface area contributed by atoms with E-state index in [2.05, 4.69) is 21.7 Å². The molecule has 1 fully saturated rings. The Labute approximate surface area is 177 Å². The third kappa shape index (κ3) is 5.72. The van der Waals surface area contributed by atoms with Crippen LogP contribution >= 0.6 is 0 Å². The molecule has 0 radical (unpaired) electrons. The number of hydrogen-bond acceptors (Lipinski definition) is 3. The number of guanidine groups is 1. The van der Waals surface area contributed by atoms with Crippen LogP contribution in [0.4, 0.5) is 4.39 Å². The van der Waals surface area contributed by atoms with E-state index < -0.39 is 0 Å². The van der Waals surface area contributed by atoms with Gasteiger partial charge in [-0.15, -0.1) is 0 Å². The highest BCUT2D eigenvalue weighted by Gasteiger charge is 2.25. The van der Waals surface area contributed by atoms with Gasteiger partial charge < -0.3 is 20.3 Å². The van der Waals surface area contributed by atoms with Crippen molar-refractivity contribution in [3.63, 3.8) is 0 Å². The summed E-state index contributed by atoms with van der Waals surface area (Å²) in [6, 6.07) is 12.1. The van der Waals surface area contributed by atoms with Gasteiger partial charge in [0.1, 0.15) is 17.3 Å². The molecule has 0 spiro atoms. The summed E-state index contributed by atoms with van der Waals surface area (Å²) in [5.74, 6) is 1.96. The number of nitrogens with zero attached hydrogens (tertiary/aromatic N) is 2. The number of hydrogen-bond donors (Lipinski definition) is 2. The number of likely N-dealkylation sites (tertiary alicyclic amines) is 1. The molecule has 2 aromatic rings. The minimum atomic E-state index is -0.287. The smallest absolute Gasteiger partial charge is 0.222 e. The van der Waals surface area contributed by atoms with E-state index in [1.54, 1.807) is 19.2 Å². The van der Waals surface area contributed by atoms with E-state index in [1.807, 2.05) is 30.9 Å². The van der Waals surface area contributed by atoms with Crippen LogP contribution in [0.3, 0.4) is 0 Å². The van der Waals surface area contributed by atoms with Crippen molar-refractivity contribution < 1.29 is 13.9 Å². The van der Waals surface area contributed by atoms with Crippen LogP contribution in [0.1, 0.15) is 30.9 Å². The number of carbonyl (C=O) groups is 1. The summed E-state index contributed by atoms with van der Waals surface area (Å²) in [5, 5.41) is 6.72. The highest BCUT2D eigenvalue weighted by molar-refractivity contribution is 5.80. The Bertz CT molecular complexity index is 899. The molecular weight excluding hydrogens is 383 g/mol. The summed E-state index contributed by atoms with van der Waals surface area (Å²) in [4.78, 5) is 18.0. The Morgan fingerprint density at radius 3 is 2.70 bits per heavy atom. The standard InChI is InChI=1S/C23H29FN4O2/c1-4-22(29)28-12-11-19(15-28)27-23(25-3)26-14-17-5-10-21(16(2)13-17)30-20-8-6-18(24)7-9-20/h5-10,13,19H,4,11-12,14-15H2,1-3H3,(H2,25,26,27). The van der Waals surface area contributed by atoms with Crippen LogP contribution in [0.2, 0.25) is 0 Å². The fourth-order valence-electron chi connectivity index (χ4n) is 3.47. The second kappa shape index (κ2) is 10.1. The van der Waals surface area contributed by atoms with Gasteiger partial charge in [-0.3, -0.25) is 9.79 Å². The topological polar surface area (TPSA) is 66.0 Å². The van der Waals surface area contributed by atoms with Crippen LogP contribution in [0.25, 0.3) is 0 Å². The third-order valence-corrected chi connectivity index (χ3v) is 5.15. The number of amides is 1. The van der Waals surface area contributed by atoms with Gasteiger partial charge in [0.05, 0.1) is 0 Å². The number of aliphatic imine (C=N–C) groups is 1. The average molecular weight is 413 g/mol. The maximum atomic E-state index is 13.0. The van der Waals surface area contributed by atoms with Crippen LogP contribution in [0.15, 0.2) is 47.5 Å². The van der Waals surface area contributed by atoms with Crippen molar-refractivity contribution in [1.82, 2.24) is 15.5 Å². The van der Waals surface area contributed by atoms with Crippen molar-refractivity contribution in [2.75, 3.05) is 20.1 Å². The molecular formula is C23H29FN4O2. The Hall–Kier alpha value is -3.09. The maximum absolute atomic E-state index is 13.0. The first-order valence-corrected chi connectivity index (χ1v) is 10.3. The largest absolute Gasteiger partial charge is 0.457 e. The van der Waals surface area contributed by atoms with Gasteiger partial charge in [-0.25, -0.2) is 4.39 Å². The molecule has 0 aliphatic carbocycles. The van der Waals surface area contributed by atoms with E-state index in [0.29, 0.717) is 25.3 Å². The van der Waals surface area contributed by atoms with Gasteiger partial charge in [0, 0.05) is 39.1 Å². The van der Waals surface area contributed by atoms with E-state index in [4.69, 9.17) is 4.74 Å². The molecule has 7 heteroatoms. The second-order valence-electron chi connectivity index (χ2n) is 7.40. The molecule has 2 aromatic carbocycles. The highest BCUT2D eigenvalue weighted by Crippen LogP contribution is 2.26. The van der Waals surface area contributed by atoms with Crippen molar-refractivity contribution >= 4 is 11.9 Å². The minimum absolute atomic E-state index is 0.195. The van der Waals surface area contributed by atoms with Crippen molar-refractivity contribution in [2.24, 2.45) is 4.99 Å². The summed E-state index contributed by atoms with van der Waals surface area (Å²) >= 11 is 0. The summed E-state index contributed by atoms with van der Waals surface area (Å²) in [6.07, 6.45) is 1.46. The summed E-state index contributed by atoms with van der Waals surface area (Å²) in [5.41, 5.74) is 2.09. The Morgan fingerprint density at radius 1 is 1.27 bits per heavy atom. The molecule has 1 aliphatic rings. The van der Waals surface area contributed by atoms with E-state index in [9.17, 15) is 9.18 Å². The van der Waals surface area contributed by atoms with Crippen LogP contribution in [-0.2, 0) is 11.3 Å². The lowest BCUT2D eigenvalue weighted by atomic mass is 10.1. The van der Waals surface area contributed by atoms with Crippen LogP contribution in [-0.4, -0.2) is 42.9 Å². The fraction of sp³-hybridized carbons (Fsp3) is 0.391. The van der Waals surface area contributed by atoms with E-state index in [0.717, 1.165) is 35.8 Å². The SMILES string of the molecule is CCC(=O)N1CCC(NC(=NC)NCc2ccc(Oc3ccc(F)cc3)c(C)c2)C1. The number of nitrogens with one attached hydrogen (secondary N) is 2. The molecule has 1 saturated heterocycles. The van der Waals surface area contributed by atoms with Crippen molar-refractivity contribution in [2.45, 2.75) is 39.3 Å². The maximum Gasteiger partial charge on any atom is 0.222 e. The van der Waals surface area contributed by atoms with Gasteiger partial charge in [0.2, 0.25) is 5.91 Å². The van der Waals surface area contributed by atoms with Crippen molar-refractivity contribution in [1.29, 1.82) is 0 Å². The third-order valence-electron chi connectivity index (χ3n) is 5.15. The number of ether oxygens (including phenoxy) is 1. The molecule has 160 valence electrons.